The van der Waals surface area contributed by atoms with Gasteiger partial charge in [0.1, 0.15) is 0 Å². The molecule has 0 radical (unpaired) electrons. The molecule has 1 aliphatic rings. The predicted molar refractivity (Wildman–Crippen MR) is 63.1 cm³/mol. The first-order chi connectivity index (χ1) is 6.92. The van der Waals surface area contributed by atoms with Crippen LogP contribution in [-0.4, -0.2) is 19.3 Å². The number of hydrogen-bond donors (Lipinski definition) is 1. The van der Waals surface area contributed by atoms with Crippen molar-refractivity contribution in [1.82, 2.24) is 5.32 Å². The largest absolute Gasteiger partial charge is 0.320 e. The maximum Gasteiger partial charge on any atom is 0.0107 e. The van der Waals surface area contributed by atoms with Crippen LogP contribution >= 0.6 is 11.8 Å². The van der Waals surface area contributed by atoms with Crippen LogP contribution in [0.25, 0.3) is 0 Å². The first kappa shape index (κ1) is 10.1. The van der Waals surface area contributed by atoms with E-state index in [2.05, 4.69) is 29.6 Å². The summed E-state index contributed by atoms with van der Waals surface area (Å²) in [6.07, 6.45) is 2.61. The molecule has 1 aromatic rings. The standard InChI is InChI=1S/C12H17NS/c1-13-8-4-5-10-9-14-12-7-3-2-6-11(10)12/h2-3,6-7,10,13H,4-5,8-9H2,1H3. The van der Waals surface area contributed by atoms with Crippen molar-refractivity contribution in [3.8, 4) is 0 Å². The van der Waals surface area contributed by atoms with Gasteiger partial charge >= 0.3 is 0 Å². The van der Waals surface area contributed by atoms with E-state index < -0.39 is 0 Å². The van der Waals surface area contributed by atoms with E-state index in [0.717, 1.165) is 12.5 Å². The van der Waals surface area contributed by atoms with Crippen LogP contribution in [0.2, 0.25) is 0 Å². The van der Waals surface area contributed by atoms with Gasteiger partial charge in [0.2, 0.25) is 0 Å². The van der Waals surface area contributed by atoms with Crippen LogP contribution in [0.15, 0.2) is 29.2 Å². The third-order valence-corrected chi connectivity index (χ3v) is 4.03. The van der Waals surface area contributed by atoms with Gasteiger partial charge < -0.3 is 5.32 Å². The second-order valence-electron chi connectivity index (χ2n) is 3.79. The van der Waals surface area contributed by atoms with E-state index in [1.807, 2.05) is 18.8 Å². The SMILES string of the molecule is CNCCCC1CSc2ccccc21. The van der Waals surface area contributed by atoms with Crippen LogP contribution in [0.4, 0.5) is 0 Å². The first-order valence-electron chi connectivity index (χ1n) is 5.28. The molecule has 0 fully saturated rings. The molecule has 2 rings (SSSR count). The molecule has 0 saturated carbocycles. The molecule has 14 heavy (non-hydrogen) atoms. The zero-order chi connectivity index (χ0) is 9.80. The van der Waals surface area contributed by atoms with Crippen molar-refractivity contribution in [2.24, 2.45) is 0 Å². The molecule has 0 spiro atoms. The van der Waals surface area contributed by atoms with Gasteiger partial charge in [-0.25, -0.2) is 0 Å². The highest BCUT2D eigenvalue weighted by Crippen LogP contribution is 2.41. The van der Waals surface area contributed by atoms with Crippen molar-refractivity contribution in [3.63, 3.8) is 0 Å². The summed E-state index contributed by atoms with van der Waals surface area (Å²) in [5, 5.41) is 3.21. The van der Waals surface area contributed by atoms with Gasteiger partial charge in [-0.3, -0.25) is 0 Å². The molecule has 0 saturated heterocycles. The van der Waals surface area contributed by atoms with Crippen LogP contribution in [0, 0.1) is 0 Å². The van der Waals surface area contributed by atoms with Gasteiger partial charge in [0, 0.05) is 10.6 Å². The van der Waals surface area contributed by atoms with E-state index in [4.69, 9.17) is 0 Å². The third kappa shape index (κ3) is 2.12. The van der Waals surface area contributed by atoms with Gasteiger partial charge in [0.15, 0.2) is 0 Å². The van der Waals surface area contributed by atoms with Crippen LogP contribution < -0.4 is 5.32 Å². The van der Waals surface area contributed by atoms with E-state index in [9.17, 15) is 0 Å². The second kappa shape index (κ2) is 4.85. The molecule has 76 valence electrons. The fraction of sp³-hybridized carbons (Fsp3) is 0.500. The molecule has 0 aromatic heterocycles. The van der Waals surface area contributed by atoms with E-state index in [1.165, 1.54) is 23.5 Å². The highest BCUT2D eigenvalue weighted by Gasteiger charge is 2.21. The number of fused-ring (bicyclic) bond motifs is 1. The lowest BCUT2D eigenvalue weighted by atomic mass is 9.96. The lowest BCUT2D eigenvalue weighted by Gasteiger charge is -2.09. The third-order valence-electron chi connectivity index (χ3n) is 2.78. The number of benzene rings is 1. The van der Waals surface area contributed by atoms with Crippen molar-refractivity contribution < 1.29 is 0 Å². The summed E-state index contributed by atoms with van der Waals surface area (Å²) in [6, 6.07) is 8.84. The molecule has 1 aliphatic heterocycles. The molecule has 0 bridgehead atoms. The molecule has 0 amide bonds. The highest BCUT2D eigenvalue weighted by atomic mass is 32.2. The average molecular weight is 207 g/mol. The molecule has 1 aromatic carbocycles. The summed E-state index contributed by atoms with van der Waals surface area (Å²) < 4.78 is 0. The number of hydrogen-bond acceptors (Lipinski definition) is 2. The molecular formula is C12H17NS. The maximum atomic E-state index is 3.21. The zero-order valence-electron chi connectivity index (χ0n) is 8.62. The van der Waals surface area contributed by atoms with Crippen molar-refractivity contribution in [3.05, 3.63) is 29.8 Å². The normalized spacial score (nSPS) is 19.6. The van der Waals surface area contributed by atoms with Gasteiger partial charge in [-0.2, -0.15) is 0 Å². The average Bonchev–Trinajstić information content (AvgIpc) is 2.63. The quantitative estimate of drug-likeness (QED) is 0.762. The summed E-state index contributed by atoms with van der Waals surface area (Å²) in [4.78, 5) is 1.50. The number of rotatable bonds is 4. The Morgan fingerprint density at radius 2 is 2.29 bits per heavy atom. The van der Waals surface area contributed by atoms with E-state index >= 15 is 0 Å². The van der Waals surface area contributed by atoms with Gasteiger partial charge in [-0.1, -0.05) is 18.2 Å². The molecule has 1 heterocycles. The van der Waals surface area contributed by atoms with Gasteiger partial charge in [-0.05, 0) is 44.0 Å². The second-order valence-corrected chi connectivity index (χ2v) is 4.85. The number of thioether (sulfide) groups is 1. The minimum Gasteiger partial charge on any atom is -0.320 e. The lowest BCUT2D eigenvalue weighted by Crippen LogP contribution is -2.09. The highest BCUT2D eigenvalue weighted by molar-refractivity contribution is 7.99. The van der Waals surface area contributed by atoms with Crippen molar-refractivity contribution >= 4 is 11.8 Å². The minimum absolute atomic E-state index is 0.796. The smallest absolute Gasteiger partial charge is 0.0107 e. The van der Waals surface area contributed by atoms with E-state index in [0.29, 0.717) is 0 Å². The summed E-state index contributed by atoms with van der Waals surface area (Å²) in [7, 11) is 2.03. The lowest BCUT2D eigenvalue weighted by molar-refractivity contribution is 0.614. The Bertz CT molecular complexity index is 298. The molecule has 1 atom stereocenters. The molecule has 2 heteroatoms. The Kier molecular flexibility index (Phi) is 3.49. The topological polar surface area (TPSA) is 12.0 Å². The molecule has 1 unspecified atom stereocenters. The van der Waals surface area contributed by atoms with Crippen LogP contribution in [0.3, 0.4) is 0 Å². The molecule has 1 nitrogen and oxygen atoms in total. The van der Waals surface area contributed by atoms with Crippen LogP contribution in [0.1, 0.15) is 24.3 Å². The Morgan fingerprint density at radius 1 is 1.43 bits per heavy atom. The predicted octanol–water partition coefficient (Wildman–Crippen LogP) is 2.88. The summed E-state index contributed by atoms with van der Waals surface area (Å²) in [5.74, 6) is 2.08. The van der Waals surface area contributed by atoms with Crippen LogP contribution in [0.5, 0.6) is 0 Å². The van der Waals surface area contributed by atoms with Crippen molar-refractivity contribution in [2.75, 3.05) is 19.3 Å². The van der Waals surface area contributed by atoms with Crippen molar-refractivity contribution in [2.45, 2.75) is 23.7 Å². The monoisotopic (exact) mass is 207 g/mol. The van der Waals surface area contributed by atoms with Gasteiger partial charge in [0.25, 0.3) is 0 Å². The Hall–Kier alpha value is -0.470. The molecular weight excluding hydrogens is 190 g/mol. The van der Waals surface area contributed by atoms with Gasteiger partial charge in [0.05, 0.1) is 0 Å². The van der Waals surface area contributed by atoms with Gasteiger partial charge in [-0.15, -0.1) is 11.8 Å². The fourth-order valence-electron chi connectivity index (χ4n) is 1.99. The van der Waals surface area contributed by atoms with E-state index in [-0.39, 0.29) is 0 Å². The van der Waals surface area contributed by atoms with E-state index in [1.54, 1.807) is 5.56 Å². The Labute approximate surface area is 90.3 Å². The summed E-state index contributed by atoms with van der Waals surface area (Å²) in [6.45, 7) is 1.14. The minimum atomic E-state index is 0.796. The summed E-state index contributed by atoms with van der Waals surface area (Å²) in [5.41, 5.74) is 1.58. The maximum absolute atomic E-state index is 3.21. The summed E-state index contributed by atoms with van der Waals surface area (Å²) >= 11 is 2.01. The first-order valence-corrected chi connectivity index (χ1v) is 6.26. The Morgan fingerprint density at radius 3 is 3.14 bits per heavy atom. The molecule has 1 N–H and O–H groups in total. The zero-order valence-corrected chi connectivity index (χ0v) is 9.44. The van der Waals surface area contributed by atoms with Crippen LogP contribution in [-0.2, 0) is 0 Å². The van der Waals surface area contributed by atoms with Crippen molar-refractivity contribution in [1.29, 1.82) is 0 Å². The number of nitrogens with one attached hydrogen (secondary N) is 1. The fourth-order valence-corrected chi connectivity index (χ4v) is 3.30. The Balaban J connectivity index is 1.96. The molecule has 0 aliphatic carbocycles.